The number of rotatable bonds is 2. The lowest BCUT2D eigenvalue weighted by Gasteiger charge is -2.14. The quantitative estimate of drug-likeness (QED) is 0.608. The zero-order valence-electron chi connectivity index (χ0n) is 9.97. The highest BCUT2D eigenvalue weighted by Gasteiger charge is 2.35. The van der Waals surface area contributed by atoms with Crippen molar-refractivity contribution in [3.05, 3.63) is 68.8 Å². The topological polar surface area (TPSA) is 37.4 Å². The van der Waals surface area contributed by atoms with Crippen molar-refractivity contribution < 1.29 is 9.59 Å². The summed E-state index contributed by atoms with van der Waals surface area (Å²) in [6, 6.07) is 14.7. The summed E-state index contributed by atoms with van der Waals surface area (Å²) < 4.78 is 1.05. The van der Waals surface area contributed by atoms with Gasteiger partial charge < -0.3 is 0 Å². The van der Waals surface area contributed by atoms with Crippen LogP contribution in [0, 0.1) is 3.57 Å². The first kappa shape index (κ1) is 12.3. The van der Waals surface area contributed by atoms with Crippen LogP contribution in [0.25, 0.3) is 0 Å². The molecule has 94 valence electrons. The first-order valence-electron chi connectivity index (χ1n) is 5.87. The van der Waals surface area contributed by atoms with Crippen LogP contribution in [-0.4, -0.2) is 16.7 Å². The highest BCUT2D eigenvalue weighted by Crippen LogP contribution is 2.25. The fraction of sp³-hybridized carbons (Fsp3) is 0.0667. The Morgan fingerprint density at radius 1 is 0.842 bits per heavy atom. The molecule has 0 bridgehead atoms. The molecular formula is C15H10INO2. The molecule has 0 saturated heterocycles. The van der Waals surface area contributed by atoms with Crippen molar-refractivity contribution in [2.45, 2.75) is 6.54 Å². The molecule has 0 saturated carbocycles. The average Bonchev–Trinajstić information content (AvgIpc) is 2.67. The zero-order chi connectivity index (χ0) is 13.4. The van der Waals surface area contributed by atoms with Gasteiger partial charge in [-0.25, -0.2) is 0 Å². The van der Waals surface area contributed by atoms with Crippen molar-refractivity contribution in [1.29, 1.82) is 0 Å². The van der Waals surface area contributed by atoms with Crippen LogP contribution in [0.3, 0.4) is 0 Å². The minimum atomic E-state index is -0.208. The number of imide groups is 1. The predicted octanol–water partition coefficient (Wildman–Crippen LogP) is 3.09. The summed E-state index contributed by atoms with van der Waals surface area (Å²) in [6.45, 7) is 0.325. The van der Waals surface area contributed by atoms with Crippen LogP contribution in [0.4, 0.5) is 0 Å². The normalized spacial score (nSPS) is 13.8. The highest BCUT2D eigenvalue weighted by molar-refractivity contribution is 14.1. The van der Waals surface area contributed by atoms with Gasteiger partial charge >= 0.3 is 0 Å². The van der Waals surface area contributed by atoms with Crippen LogP contribution in [0.15, 0.2) is 48.5 Å². The van der Waals surface area contributed by atoms with Gasteiger partial charge in [-0.15, -0.1) is 0 Å². The lowest BCUT2D eigenvalue weighted by molar-refractivity contribution is 0.0642. The molecule has 19 heavy (non-hydrogen) atoms. The number of nitrogens with zero attached hydrogens (tertiary/aromatic N) is 1. The average molecular weight is 363 g/mol. The first-order valence-corrected chi connectivity index (χ1v) is 6.95. The molecule has 3 rings (SSSR count). The molecular weight excluding hydrogens is 353 g/mol. The molecule has 0 atom stereocenters. The van der Waals surface area contributed by atoms with Gasteiger partial charge in [-0.05, 0) is 46.4 Å². The molecule has 1 aliphatic rings. The molecule has 0 fully saturated rings. The van der Waals surface area contributed by atoms with Gasteiger partial charge in [-0.2, -0.15) is 0 Å². The fourth-order valence-corrected chi connectivity index (χ4v) is 2.74. The SMILES string of the molecule is O=C1c2ccccc2C(=O)N1Cc1ccccc1I. The summed E-state index contributed by atoms with van der Waals surface area (Å²) in [5.41, 5.74) is 1.98. The molecule has 1 aliphatic heterocycles. The third-order valence-electron chi connectivity index (χ3n) is 3.16. The summed E-state index contributed by atoms with van der Waals surface area (Å²) in [6.07, 6.45) is 0. The summed E-state index contributed by atoms with van der Waals surface area (Å²) in [7, 11) is 0. The molecule has 0 aliphatic carbocycles. The van der Waals surface area contributed by atoms with Crippen molar-refractivity contribution in [2.75, 3.05) is 0 Å². The maximum atomic E-state index is 12.2. The molecule has 0 unspecified atom stereocenters. The lowest BCUT2D eigenvalue weighted by Crippen LogP contribution is -2.29. The van der Waals surface area contributed by atoms with E-state index in [0.29, 0.717) is 17.7 Å². The molecule has 0 spiro atoms. The van der Waals surface area contributed by atoms with Crippen LogP contribution in [0.5, 0.6) is 0 Å². The van der Waals surface area contributed by atoms with Gasteiger partial charge in [-0.3, -0.25) is 14.5 Å². The monoisotopic (exact) mass is 363 g/mol. The molecule has 0 N–H and O–H groups in total. The second-order valence-corrected chi connectivity index (χ2v) is 5.50. The van der Waals surface area contributed by atoms with Crippen molar-refractivity contribution in [3.63, 3.8) is 0 Å². The number of hydrogen-bond donors (Lipinski definition) is 0. The summed E-state index contributed by atoms with van der Waals surface area (Å²) in [5.74, 6) is -0.416. The Bertz CT molecular complexity index is 646. The number of halogens is 1. The number of carbonyl (C=O) groups excluding carboxylic acids is 2. The molecule has 2 aromatic rings. The van der Waals surface area contributed by atoms with Crippen LogP contribution >= 0.6 is 22.6 Å². The number of fused-ring (bicyclic) bond motifs is 1. The Hall–Kier alpha value is -1.69. The number of amides is 2. The number of carbonyl (C=O) groups is 2. The Morgan fingerprint density at radius 2 is 1.37 bits per heavy atom. The van der Waals surface area contributed by atoms with Crippen molar-refractivity contribution in [1.82, 2.24) is 4.90 Å². The smallest absolute Gasteiger partial charge is 0.261 e. The van der Waals surface area contributed by atoms with E-state index in [9.17, 15) is 9.59 Å². The van der Waals surface area contributed by atoms with E-state index in [1.54, 1.807) is 24.3 Å². The van der Waals surface area contributed by atoms with Gasteiger partial charge in [0.1, 0.15) is 0 Å². The Morgan fingerprint density at radius 3 is 1.95 bits per heavy atom. The molecule has 1 heterocycles. The second kappa shape index (κ2) is 4.77. The van der Waals surface area contributed by atoms with E-state index < -0.39 is 0 Å². The number of benzene rings is 2. The van der Waals surface area contributed by atoms with E-state index in [1.165, 1.54) is 4.90 Å². The highest BCUT2D eigenvalue weighted by atomic mass is 127. The summed E-state index contributed by atoms with van der Waals surface area (Å²) >= 11 is 2.21. The van der Waals surface area contributed by atoms with Gasteiger partial charge in [0.15, 0.2) is 0 Å². The summed E-state index contributed by atoms with van der Waals surface area (Å²) in [5, 5.41) is 0. The van der Waals surface area contributed by atoms with E-state index in [2.05, 4.69) is 22.6 Å². The Balaban J connectivity index is 1.95. The number of hydrogen-bond acceptors (Lipinski definition) is 2. The minimum Gasteiger partial charge on any atom is -0.270 e. The lowest BCUT2D eigenvalue weighted by atomic mass is 10.1. The molecule has 0 aromatic heterocycles. The molecule has 2 amide bonds. The van der Waals surface area contributed by atoms with Gasteiger partial charge in [0.2, 0.25) is 0 Å². The predicted molar refractivity (Wildman–Crippen MR) is 79.8 cm³/mol. The zero-order valence-corrected chi connectivity index (χ0v) is 12.1. The van der Waals surface area contributed by atoms with Crippen LogP contribution in [-0.2, 0) is 6.54 Å². The van der Waals surface area contributed by atoms with Gasteiger partial charge in [-0.1, -0.05) is 30.3 Å². The maximum Gasteiger partial charge on any atom is 0.261 e. The molecule has 0 radical (unpaired) electrons. The Labute approximate surface area is 124 Å². The van der Waals surface area contributed by atoms with Crippen LogP contribution in [0.1, 0.15) is 26.3 Å². The van der Waals surface area contributed by atoms with Crippen LogP contribution in [0.2, 0.25) is 0 Å². The minimum absolute atomic E-state index is 0.208. The van der Waals surface area contributed by atoms with Gasteiger partial charge in [0.25, 0.3) is 11.8 Å². The van der Waals surface area contributed by atoms with E-state index in [1.807, 2.05) is 24.3 Å². The molecule has 2 aromatic carbocycles. The van der Waals surface area contributed by atoms with E-state index in [0.717, 1.165) is 9.13 Å². The standard InChI is InChI=1S/C15H10INO2/c16-13-8-4-1-5-10(13)9-17-14(18)11-6-2-3-7-12(11)15(17)19/h1-8H,9H2. The second-order valence-electron chi connectivity index (χ2n) is 4.33. The molecule has 3 nitrogen and oxygen atoms in total. The van der Waals surface area contributed by atoms with Gasteiger partial charge in [0, 0.05) is 3.57 Å². The maximum absolute atomic E-state index is 12.2. The van der Waals surface area contributed by atoms with Crippen molar-refractivity contribution in [2.24, 2.45) is 0 Å². The van der Waals surface area contributed by atoms with Crippen molar-refractivity contribution >= 4 is 34.4 Å². The first-order chi connectivity index (χ1) is 9.18. The fourth-order valence-electron chi connectivity index (χ4n) is 2.18. The van der Waals surface area contributed by atoms with Crippen LogP contribution < -0.4 is 0 Å². The third kappa shape index (κ3) is 2.06. The van der Waals surface area contributed by atoms with E-state index >= 15 is 0 Å². The Kier molecular flexibility index (Phi) is 3.10. The van der Waals surface area contributed by atoms with Gasteiger partial charge in [0.05, 0.1) is 17.7 Å². The third-order valence-corrected chi connectivity index (χ3v) is 4.22. The van der Waals surface area contributed by atoms with Crippen molar-refractivity contribution in [3.8, 4) is 0 Å². The largest absolute Gasteiger partial charge is 0.270 e. The summed E-state index contributed by atoms with van der Waals surface area (Å²) in [4.78, 5) is 25.8. The van der Waals surface area contributed by atoms with E-state index in [-0.39, 0.29) is 11.8 Å². The molecule has 4 heteroatoms. The van der Waals surface area contributed by atoms with E-state index in [4.69, 9.17) is 0 Å².